The summed E-state index contributed by atoms with van der Waals surface area (Å²) in [5.41, 5.74) is 2.16. The molecule has 0 aliphatic carbocycles. The summed E-state index contributed by atoms with van der Waals surface area (Å²) in [5.74, 6) is 1.28. The van der Waals surface area contributed by atoms with Crippen LogP contribution in [-0.2, 0) is 17.8 Å². The Morgan fingerprint density at radius 2 is 1.88 bits per heavy atom. The van der Waals surface area contributed by atoms with Crippen molar-refractivity contribution in [2.24, 2.45) is 0 Å². The maximum atomic E-state index is 12.0. The van der Waals surface area contributed by atoms with E-state index in [1.165, 1.54) is 5.56 Å². The zero-order valence-corrected chi connectivity index (χ0v) is 15.6. The van der Waals surface area contributed by atoms with Crippen LogP contribution < -0.4 is 14.8 Å². The molecule has 0 aromatic heterocycles. The SMILES string of the molecule is CCOc1ccccc1CNC(=O)COc1ccc(CC)cc1Br. The fourth-order valence-corrected chi connectivity index (χ4v) is 2.76. The minimum atomic E-state index is -0.173. The van der Waals surface area contributed by atoms with E-state index >= 15 is 0 Å². The van der Waals surface area contributed by atoms with Crippen LogP contribution in [0.25, 0.3) is 0 Å². The van der Waals surface area contributed by atoms with Gasteiger partial charge in [-0.2, -0.15) is 0 Å². The summed E-state index contributed by atoms with van der Waals surface area (Å²) in [6.07, 6.45) is 0.957. The van der Waals surface area contributed by atoms with Crippen LogP contribution in [0.3, 0.4) is 0 Å². The summed E-state index contributed by atoms with van der Waals surface area (Å²) in [7, 11) is 0. The topological polar surface area (TPSA) is 47.6 Å². The molecule has 0 aliphatic rings. The molecule has 0 saturated heterocycles. The van der Waals surface area contributed by atoms with Gasteiger partial charge in [0.15, 0.2) is 6.61 Å². The minimum absolute atomic E-state index is 0.0269. The van der Waals surface area contributed by atoms with E-state index in [0.717, 1.165) is 22.2 Å². The Kier molecular flexibility index (Phi) is 7.12. The van der Waals surface area contributed by atoms with E-state index in [2.05, 4.69) is 28.2 Å². The van der Waals surface area contributed by atoms with Gasteiger partial charge in [0.25, 0.3) is 5.91 Å². The Hall–Kier alpha value is -2.01. The number of amides is 1. The van der Waals surface area contributed by atoms with Crippen molar-refractivity contribution in [3.8, 4) is 11.5 Å². The lowest BCUT2D eigenvalue weighted by atomic mass is 10.2. The molecule has 0 fully saturated rings. The molecular formula is C19H22BrNO3. The predicted molar refractivity (Wildman–Crippen MR) is 98.5 cm³/mol. The molecule has 0 spiro atoms. The smallest absolute Gasteiger partial charge is 0.258 e. The van der Waals surface area contributed by atoms with Crippen LogP contribution in [0.4, 0.5) is 0 Å². The Bertz CT molecular complexity index is 688. The molecule has 0 saturated carbocycles. The van der Waals surface area contributed by atoms with Gasteiger partial charge in [-0.3, -0.25) is 4.79 Å². The average Bonchev–Trinajstić information content (AvgIpc) is 2.60. The van der Waals surface area contributed by atoms with Gasteiger partial charge in [-0.15, -0.1) is 0 Å². The zero-order valence-electron chi connectivity index (χ0n) is 14.0. The van der Waals surface area contributed by atoms with Gasteiger partial charge in [-0.1, -0.05) is 31.2 Å². The Morgan fingerprint density at radius 3 is 2.58 bits per heavy atom. The van der Waals surface area contributed by atoms with E-state index in [0.29, 0.717) is 18.9 Å². The highest BCUT2D eigenvalue weighted by Gasteiger charge is 2.08. The van der Waals surface area contributed by atoms with Crippen molar-refractivity contribution in [1.29, 1.82) is 0 Å². The number of halogens is 1. The van der Waals surface area contributed by atoms with Gasteiger partial charge in [-0.05, 0) is 53.0 Å². The summed E-state index contributed by atoms with van der Waals surface area (Å²) < 4.78 is 12.0. The molecular weight excluding hydrogens is 370 g/mol. The van der Waals surface area contributed by atoms with E-state index < -0.39 is 0 Å². The van der Waals surface area contributed by atoms with E-state index in [1.807, 2.05) is 49.4 Å². The monoisotopic (exact) mass is 391 g/mol. The van der Waals surface area contributed by atoms with E-state index in [4.69, 9.17) is 9.47 Å². The zero-order chi connectivity index (χ0) is 17.4. The first-order valence-corrected chi connectivity index (χ1v) is 8.82. The van der Waals surface area contributed by atoms with E-state index in [1.54, 1.807) is 0 Å². The molecule has 0 atom stereocenters. The van der Waals surface area contributed by atoms with Gasteiger partial charge in [0, 0.05) is 12.1 Å². The molecule has 1 N–H and O–H groups in total. The maximum absolute atomic E-state index is 12.0. The molecule has 0 radical (unpaired) electrons. The highest BCUT2D eigenvalue weighted by atomic mass is 79.9. The van der Waals surface area contributed by atoms with Gasteiger partial charge in [0.1, 0.15) is 11.5 Å². The standard InChI is InChI=1S/C19H22BrNO3/c1-3-14-9-10-18(16(20)11-14)24-13-19(22)21-12-15-7-5-6-8-17(15)23-4-2/h5-11H,3-4,12-13H2,1-2H3,(H,21,22). The van der Waals surface area contributed by atoms with Gasteiger partial charge in [0.2, 0.25) is 0 Å². The van der Waals surface area contributed by atoms with E-state index in [-0.39, 0.29) is 12.5 Å². The van der Waals surface area contributed by atoms with Crippen molar-refractivity contribution in [2.75, 3.05) is 13.2 Å². The molecule has 0 unspecified atom stereocenters. The molecule has 2 aromatic carbocycles. The summed E-state index contributed by atoms with van der Waals surface area (Å²) in [6, 6.07) is 13.5. The second kappa shape index (κ2) is 9.33. The molecule has 0 aliphatic heterocycles. The molecule has 0 heterocycles. The molecule has 24 heavy (non-hydrogen) atoms. The van der Waals surface area contributed by atoms with E-state index in [9.17, 15) is 4.79 Å². The summed E-state index contributed by atoms with van der Waals surface area (Å²) in [6.45, 7) is 5.01. The molecule has 2 rings (SSSR count). The van der Waals surface area contributed by atoms with Gasteiger partial charge in [-0.25, -0.2) is 0 Å². The fraction of sp³-hybridized carbons (Fsp3) is 0.316. The molecule has 128 valence electrons. The van der Waals surface area contributed by atoms with Crippen molar-refractivity contribution in [2.45, 2.75) is 26.8 Å². The Labute approximate surface area is 151 Å². The normalized spacial score (nSPS) is 10.3. The van der Waals surface area contributed by atoms with Crippen LogP contribution in [0.15, 0.2) is 46.9 Å². The summed E-state index contributed by atoms with van der Waals surface area (Å²) in [4.78, 5) is 12.0. The molecule has 2 aromatic rings. The van der Waals surface area contributed by atoms with Crippen molar-refractivity contribution in [3.05, 3.63) is 58.1 Å². The third-order valence-corrected chi connectivity index (χ3v) is 4.13. The number of benzene rings is 2. The molecule has 1 amide bonds. The van der Waals surface area contributed by atoms with Gasteiger partial charge in [0.05, 0.1) is 11.1 Å². The maximum Gasteiger partial charge on any atom is 0.258 e. The predicted octanol–water partition coefficient (Wildman–Crippen LogP) is 4.11. The third-order valence-electron chi connectivity index (χ3n) is 3.51. The highest BCUT2D eigenvalue weighted by Crippen LogP contribution is 2.26. The van der Waals surface area contributed by atoms with Crippen molar-refractivity contribution in [1.82, 2.24) is 5.32 Å². The van der Waals surface area contributed by atoms with Gasteiger partial charge >= 0.3 is 0 Å². The first-order chi connectivity index (χ1) is 11.6. The first kappa shape index (κ1) is 18.3. The number of carbonyl (C=O) groups is 1. The number of ether oxygens (including phenoxy) is 2. The molecule has 5 heteroatoms. The lowest BCUT2D eigenvalue weighted by Gasteiger charge is -2.12. The highest BCUT2D eigenvalue weighted by molar-refractivity contribution is 9.10. The minimum Gasteiger partial charge on any atom is -0.494 e. The van der Waals surface area contributed by atoms with Crippen molar-refractivity contribution < 1.29 is 14.3 Å². The number of nitrogens with one attached hydrogen (secondary N) is 1. The first-order valence-electron chi connectivity index (χ1n) is 8.02. The van der Waals surface area contributed by atoms with Crippen LogP contribution in [0.1, 0.15) is 25.0 Å². The van der Waals surface area contributed by atoms with Crippen LogP contribution in [0.2, 0.25) is 0 Å². The second-order valence-electron chi connectivity index (χ2n) is 5.22. The number of hydrogen-bond acceptors (Lipinski definition) is 3. The summed E-state index contributed by atoms with van der Waals surface area (Å²) in [5, 5.41) is 2.85. The quantitative estimate of drug-likeness (QED) is 0.736. The van der Waals surface area contributed by atoms with Gasteiger partial charge < -0.3 is 14.8 Å². The molecule has 4 nitrogen and oxygen atoms in total. The average molecular weight is 392 g/mol. The number of hydrogen-bond donors (Lipinski definition) is 1. The number of aryl methyl sites for hydroxylation is 1. The Morgan fingerprint density at radius 1 is 1.08 bits per heavy atom. The lowest BCUT2D eigenvalue weighted by Crippen LogP contribution is -2.28. The number of carbonyl (C=O) groups excluding carboxylic acids is 1. The largest absolute Gasteiger partial charge is 0.494 e. The number of para-hydroxylation sites is 1. The number of rotatable bonds is 8. The second-order valence-corrected chi connectivity index (χ2v) is 6.08. The van der Waals surface area contributed by atoms with Crippen molar-refractivity contribution in [3.63, 3.8) is 0 Å². The lowest BCUT2D eigenvalue weighted by molar-refractivity contribution is -0.123. The van der Waals surface area contributed by atoms with Crippen LogP contribution in [0, 0.1) is 0 Å². The van der Waals surface area contributed by atoms with Crippen LogP contribution in [0.5, 0.6) is 11.5 Å². The third kappa shape index (κ3) is 5.27. The molecule has 0 bridgehead atoms. The van der Waals surface area contributed by atoms with Crippen molar-refractivity contribution >= 4 is 21.8 Å². The fourth-order valence-electron chi connectivity index (χ4n) is 2.22. The Balaban J connectivity index is 1.86. The van der Waals surface area contributed by atoms with Crippen LogP contribution >= 0.6 is 15.9 Å². The van der Waals surface area contributed by atoms with Crippen LogP contribution in [-0.4, -0.2) is 19.1 Å². The summed E-state index contributed by atoms with van der Waals surface area (Å²) >= 11 is 3.47.